The fourth-order valence-corrected chi connectivity index (χ4v) is 3.55. The number of nitrogens with one attached hydrogen (secondary N) is 1. The van der Waals surface area contributed by atoms with Crippen molar-refractivity contribution >= 4 is 17.8 Å². The number of benzene rings is 3. The van der Waals surface area contributed by atoms with Crippen LogP contribution in [0.15, 0.2) is 91.1 Å². The van der Waals surface area contributed by atoms with Crippen LogP contribution in [-0.4, -0.2) is 39.4 Å². The lowest BCUT2D eigenvalue weighted by molar-refractivity contribution is -0.116. The number of hydrogen-bond acceptors (Lipinski definition) is 3. The summed E-state index contributed by atoms with van der Waals surface area (Å²) in [5.74, 6) is -0.0780. The fourth-order valence-electron chi connectivity index (χ4n) is 3.55. The number of aromatic nitrogens is 2. The normalized spacial score (nSPS) is 10.6. The van der Waals surface area contributed by atoms with Crippen molar-refractivity contribution in [1.29, 1.82) is 0 Å². The third kappa shape index (κ3) is 5.18. The van der Waals surface area contributed by atoms with Crippen LogP contribution < -0.4 is 5.32 Å². The molecule has 0 fully saturated rings. The lowest BCUT2D eigenvalue weighted by Gasteiger charge is -2.20. The van der Waals surface area contributed by atoms with E-state index in [9.17, 15) is 9.59 Å². The molecule has 1 aromatic heterocycles. The molecule has 0 saturated carbocycles. The highest BCUT2D eigenvalue weighted by Crippen LogP contribution is 2.24. The van der Waals surface area contributed by atoms with Gasteiger partial charge in [-0.3, -0.25) is 19.5 Å². The molecule has 1 heterocycles. The van der Waals surface area contributed by atoms with Gasteiger partial charge in [-0.2, -0.15) is 0 Å². The second kappa shape index (κ2) is 9.96. The molecule has 4 aromatic rings. The molecule has 4 rings (SSSR count). The Bertz CT molecular complexity index is 1230. The van der Waals surface area contributed by atoms with Crippen LogP contribution in [0.4, 0.5) is 5.95 Å². The van der Waals surface area contributed by atoms with Gasteiger partial charge in [-0.15, -0.1) is 0 Å². The molecule has 0 aliphatic rings. The standard InChI is InChI=1S/C27H26N4O2/c1-3-30(26(33)22-12-8-5-9-13-22)19-25(32)29-27-28-24(21-10-6-4-7-11-21)18-31(27)23-16-14-20(2)15-17-23/h4-18H,3,19H2,1-2H3,(H,28,29,32). The van der Waals surface area contributed by atoms with Crippen LogP contribution in [0.5, 0.6) is 0 Å². The molecule has 0 saturated heterocycles. The number of carbonyl (C=O) groups is 2. The third-order valence-corrected chi connectivity index (χ3v) is 5.36. The summed E-state index contributed by atoms with van der Waals surface area (Å²) in [6, 6.07) is 26.8. The van der Waals surface area contributed by atoms with Crippen molar-refractivity contribution in [3.05, 3.63) is 102 Å². The van der Waals surface area contributed by atoms with Crippen LogP contribution in [-0.2, 0) is 4.79 Å². The lowest BCUT2D eigenvalue weighted by atomic mass is 10.2. The number of amides is 2. The van der Waals surface area contributed by atoms with E-state index in [4.69, 9.17) is 0 Å². The van der Waals surface area contributed by atoms with Gasteiger partial charge in [0.1, 0.15) is 6.54 Å². The second-order valence-corrected chi connectivity index (χ2v) is 7.75. The molecule has 0 aliphatic carbocycles. The molecule has 33 heavy (non-hydrogen) atoms. The highest BCUT2D eigenvalue weighted by atomic mass is 16.2. The maximum Gasteiger partial charge on any atom is 0.254 e. The molecule has 2 amide bonds. The Kier molecular flexibility index (Phi) is 6.64. The summed E-state index contributed by atoms with van der Waals surface area (Å²) in [6.45, 7) is 4.24. The van der Waals surface area contributed by atoms with Gasteiger partial charge in [0.2, 0.25) is 11.9 Å². The molecule has 166 valence electrons. The van der Waals surface area contributed by atoms with Gasteiger partial charge >= 0.3 is 0 Å². The van der Waals surface area contributed by atoms with Gasteiger partial charge in [0.25, 0.3) is 5.91 Å². The molecular weight excluding hydrogens is 412 g/mol. The van der Waals surface area contributed by atoms with Crippen molar-refractivity contribution in [3.8, 4) is 16.9 Å². The Morgan fingerprint density at radius 1 is 0.909 bits per heavy atom. The SMILES string of the molecule is CCN(CC(=O)Nc1nc(-c2ccccc2)cn1-c1ccc(C)cc1)C(=O)c1ccccc1. The first-order chi connectivity index (χ1) is 16.0. The maximum absolute atomic E-state index is 12.9. The summed E-state index contributed by atoms with van der Waals surface area (Å²) in [6.07, 6.45) is 1.91. The van der Waals surface area contributed by atoms with E-state index in [1.807, 2.05) is 97.4 Å². The second-order valence-electron chi connectivity index (χ2n) is 7.75. The zero-order valence-corrected chi connectivity index (χ0v) is 18.7. The van der Waals surface area contributed by atoms with Crippen LogP contribution >= 0.6 is 0 Å². The minimum atomic E-state index is -0.306. The predicted molar refractivity (Wildman–Crippen MR) is 130 cm³/mol. The first kappa shape index (κ1) is 22.0. The summed E-state index contributed by atoms with van der Waals surface area (Å²) in [7, 11) is 0. The Morgan fingerprint density at radius 2 is 1.55 bits per heavy atom. The van der Waals surface area contributed by atoms with Crippen LogP contribution in [0.1, 0.15) is 22.8 Å². The van der Waals surface area contributed by atoms with Crippen LogP contribution in [0, 0.1) is 6.92 Å². The first-order valence-electron chi connectivity index (χ1n) is 10.9. The molecule has 6 heteroatoms. The number of imidazole rings is 1. The summed E-state index contributed by atoms with van der Waals surface area (Å²) >= 11 is 0. The molecule has 0 aliphatic heterocycles. The fraction of sp³-hybridized carbons (Fsp3) is 0.148. The molecule has 6 nitrogen and oxygen atoms in total. The van der Waals surface area contributed by atoms with Crippen molar-refractivity contribution in [1.82, 2.24) is 14.5 Å². The number of carbonyl (C=O) groups excluding carboxylic acids is 2. The summed E-state index contributed by atoms with van der Waals surface area (Å²) in [4.78, 5) is 31.9. The number of aryl methyl sites for hydroxylation is 1. The largest absolute Gasteiger partial charge is 0.330 e. The van der Waals surface area contributed by atoms with Crippen LogP contribution in [0.25, 0.3) is 16.9 Å². The summed E-state index contributed by atoms with van der Waals surface area (Å²) < 4.78 is 1.86. The minimum Gasteiger partial charge on any atom is -0.330 e. The molecule has 0 unspecified atom stereocenters. The maximum atomic E-state index is 12.9. The molecule has 0 radical (unpaired) electrons. The van der Waals surface area contributed by atoms with E-state index in [0.717, 1.165) is 22.5 Å². The number of anilines is 1. The van der Waals surface area contributed by atoms with Crippen molar-refractivity contribution in [2.75, 3.05) is 18.4 Å². The van der Waals surface area contributed by atoms with Gasteiger partial charge in [0.05, 0.1) is 5.69 Å². The topological polar surface area (TPSA) is 67.2 Å². The lowest BCUT2D eigenvalue weighted by Crippen LogP contribution is -2.38. The highest BCUT2D eigenvalue weighted by molar-refractivity contribution is 5.99. The van der Waals surface area contributed by atoms with E-state index in [0.29, 0.717) is 18.1 Å². The highest BCUT2D eigenvalue weighted by Gasteiger charge is 2.19. The van der Waals surface area contributed by atoms with Crippen LogP contribution in [0.3, 0.4) is 0 Å². The average Bonchev–Trinajstić information content (AvgIpc) is 3.27. The monoisotopic (exact) mass is 438 g/mol. The van der Waals surface area contributed by atoms with E-state index in [1.54, 1.807) is 12.1 Å². The molecular formula is C27H26N4O2. The number of nitrogens with zero attached hydrogens (tertiary/aromatic N) is 3. The van der Waals surface area contributed by atoms with Gasteiger partial charge in [-0.1, -0.05) is 66.2 Å². The van der Waals surface area contributed by atoms with Crippen molar-refractivity contribution in [2.45, 2.75) is 13.8 Å². The number of hydrogen-bond donors (Lipinski definition) is 1. The Labute approximate surface area is 193 Å². The van der Waals surface area contributed by atoms with Crippen LogP contribution in [0.2, 0.25) is 0 Å². The van der Waals surface area contributed by atoms with Gasteiger partial charge in [-0.25, -0.2) is 4.98 Å². The molecule has 1 N–H and O–H groups in total. The molecule has 3 aromatic carbocycles. The van der Waals surface area contributed by atoms with Crippen molar-refractivity contribution in [2.24, 2.45) is 0 Å². The van der Waals surface area contributed by atoms with Gasteiger partial charge in [0, 0.05) is 29.6 Å². The predicted octanol–water partition coefficient (Wildman–Crippen LogP) is 4.95. The van der Waals surface area contributed by atoms with Gasteiger partial charge in [0.15, 0.2) is 0 Å². The first-order valence-corrected chi connectivity index (χ1v) is 10.9. The third-order valence-electron chi connectivity index (χ3n) is 5.36. The van der Waals surface area contributed by atoms with Gasteiger partial charge in [-0.05, 0) is 38.1 Å². The van der Waals surface area contributed by atoms with Crippen molar-refractivity contribution in [3.63, 3.8) is 0 Å². The quantitative estimate of drug-likeness (QED) is 0.444. The molecule has 0 bridgehead atoms. The van der Waals surface area contributed by atoms with E-state index in [-0.39, 0.29) is 18.4 Å². The van der Waals surface area contributed by atoms with Crippen molar-refractivity contribution < 1.29 is 9.59 Å². The van der Waals surface area contributed by atoms with E-state index >= 15 is 0 Å². The van der Waals surface area contributed by atoms with E-state index in [1.165, 1.54) is 4.90 Å². The average molecular weight is 439 g/mol. The Hall–Kier alpha value is -4.19. The summed E-state index contributed by atoms with van der Waals surface area (Å²) in [5.41, 5.74) is 4.29. The Balaban J connectivity index is 1.59. The Morgan fingerprint density at radius 3 is 2.18 bits per heavy atom. The van der Waals surface area contributed by atoms with E-state index < -0.39 is 0 Å². The van der Waals surface area contributed by atoms with E-state index in [2.05, 4.69) is 10.3 Å². The minimum absolute atomic E-state index is 0.0638. The van der Waals surface area contributed by atoms with Gasteiger partial charge < -0.3 is 4.90 Å². The molecule has 0 spiro atoms. The smallest absolute Gasteiger partial charge is 0.254 e. The zero-order chi connectivity index (χ0) is 23.2. The summed E-state index contributed by atoms with van der Waals surface area (Å²) in [5, 5.41) is 2.90. The number of likely N-dealkylation sites (N-methyl/N-ethyl adjacent to an activating group) is 1. The molecule has 0 atom stereocenters. The zero-order valence-electron chi connectivity index (χ0n) is 18.7. The number of rotatable bonds is 7.